The van der Waals surface area contributed by atoms with E-state index >= 15 is 0 Å². The van der Waals surface area contributed by atoms with Gasteiger partial charge >= 0.3 is 0 Å². The Morgan fingerprint density at radius 1 is 1.10 bits per heavy atom. The van der Waals surface area contributed by atoms with Crippen LogP contribution in [0.1, 0.15) is 0 Å². The Bertz CT molecular complexity index is 1140. The SMILES string of the molecule is COc1cc2c(Nc3cc(Cl)ccc3F)ncnc2cc1O[C@@H]1CO[C@@H]2C1OC[C@H]2F. The first-order valence-corrected chi connectivity index (χ1v) is 10.00. The van der Waals surface area contributed by atoms with Crippen molar-refractivity contribution in [3.05, 3.63) is 47.5 Å². The van der Waals surface area contributed by atoms with Crippen LogP contribution in [-0.2, 0) is 9.47 Å². The highest BCUT2D eigenvalue weighted by Gasteiger charge is 2.49. The van der Waals surface area contributed by atoms with Crippen molar-refractivity contribution < 1.29 is 27.7 Å². The summed E-state index contributed by atoms with van der Waals surface area (Å²) in [7, 11) is 1.50. The maximum Gasteiger partial charge on any atom is 0.164 e. The van der Waals surface area contributed by atoms with Gasteiger partial charge in [0.25, 0.3) is 0 Å². The van der Waals surface area contributed by atoms with Crippen LogP contribution in [-0.4, -0.2) is 54.8 Å². The monoisotopic (exact) mass is 449 g/mol. The fraction of sp³-hybridized carbons (Fsp3) is 0.333. The van der Waals surface area contributed by atoms with E-state index in [0.29, 0.717) is 33.2 Å². The molecule has 2 saturated heterocycles. The second-order valence-electron chi connectivity index (χ2n) is 7.26. The molecule has 1 aromatic heterocycles. The zero-order valence-corrected chi connectivity index (χ0v) is 17.1. The standard InChI is InChI=1S/C21H18ClF2N3O4/c1-28-16-5-11-14(6-17(16)31-18-8-30-19-13(24)7-29-20(18)19)25-9-26-21(11)27-15-4-10(22)2-3-12(15)23/h2-6,9,13,18-20H,7-8H2,1H3,(H,25,26,27)/t13-,18-,19+,20?/m1/s1. The van der Waals surface area contributed by atoms with E-state index in [9.17, 15) is 8.78 Å². The number of methoxy groups -OCH3 is 1. The van der Waals surface area contributed by atoms with Gasteiger partial charge in [-0.15, -0.1) is 0 Å². The Balaban J connectivity index is 1.47. The van der Waals surface area contributed by atoms with E-state index in [2.05, 4.69) is 15.3 Å². The number of anilines is 2. The highest BCUT2D eigenvalue weighted by Crippen LogP contribution is 2.38. The van der Waals surface area contributed by atoms with E-state index in [-0.39, 0.29) is 18.9 Å². The molecule has 3 aromatic rings. The van der Waals surface area contributed by atoms with E-state index in [1.807, 2.05) is 0 Å². The molecule has 2 aliphatic rings. The van der Waals surface area contributed by atoms with Crippen LogP contribution >= 0.6 is 11.6 Å². The zero-order chi connectivity index (χ0) is 21.5. The second-order valence-corrected chi connectivity index (χ2v) is 7.70. The lowest BCUT2D eigenvalue weighted by molar-refractivity contribution is 0.0271. The summed E-state index contributed by atoms with van der Waals surface area (Å²) in [6, 6.07) is 7.57. The molecule has 2 aromatic carbocycles. The minimum absolute atomic E-state index is 0.00757. The molecule has 5 rings (SSSR count). The van der Waals surface area contributed by atoms with E-state index < -0.39 is 30.3 Å². The van der Waals surface area contributed by atoms with E-state index in [1.165, 1.54) is 31.6 Å². The minimum atomic E-state index is -1.16. The summed E-state index contributed by atoms with van der Waals surface area (Å²) in [4.78, 5) is 8.51. The highest BCUT2D eigenvalue weighted by molar-refractivity contribution is 6.30. The van der Waals surface area contributed by atoms with Crippen molar-refractivity contribution >= 4 is 34.0 Å². The molecule has 4 atom stereocenters. The van der Waals surface area contributed by atoms with E-state index in [1.54, 1.807) is 12.1 Å². The third kappa shape index (κ3) is 3.73. The minimum Gasteiger partial charge on any atom is -0.493 e. The molecular formula is C21H18ClF2N3O4. The van der Waals surface area contributed by atoms with E-state index in [4.69, 9.17) is 30.5 Å². The first kappa shape index (κ1) is 20.2. The summed E-state index contributed by atoms with van der Waals surface area (Å²) in [6.45, 7) is 0.202. The number of benzene rings is 2. The Labute approximate surface area is 181 Å². The molecule has 31 heavy (non-hydrogen) atoms. The number of hydrogen-bond acceptors (Lipinski definition) is 7. The highest BCUT2D eigenvalue weighted by atomic mass is 35.5. The summed E-state index contributed by atoms with van der Waals surface area (Å²) in [6.07, 6.45) is -1.39. The molecule has 3 heterocycles. The van der Waals surface area contributed by atoms with Gasteiger partial charge in [0.05, 0.1) is 31.5 Å². The molecule has 1 N–H and O–H groups in total. The molecule has 0 aliphatic carbocycles. The second kappa shape index (κ2) is 8.07. The van der Waals surface area contributed by atoms with Crippen LogP contribution in [0, 0.1) is 5.82 Å². The van der Waals surface area contributed by atoms with Gasteiger partial charge in [-0.1, -0.05) is 11.6 Å². The summed E-state index contributed by atoms with van der Waals surface area (Å²) in [5.74, 6) is 0.727. The van der Waals surface area contributed by atoms with Gasteiger partial charge in [0.1, 0.15) is 30.2 Å². The molecule has 0 saturated carbocycles. The number of hydrogen-bond donors (Lipinski definition) is 1. The van der Waals surface area contributed by atoms with Crippen molar-refractivity contribution in [2.75, 3.05) is 25.6 Å². The van der Waals surface area contributed by atoms with Gasteiger partial charge in [0.15, 0.2) is 23.8 Å². The molecule has 0 radical (unpaired) electrons. The van der Waals surface area contributed by atoms with Gasteiger partial charge in [0.2, 0.25) is 0 Å². The fourth-order valence-corrected chi connectivity index (χ4v) is 3.99. The molecule has 1 unspecified atom stereocenters. The third-order valence-corrected chi connectivity index (χ3v) is 5.56. The van der Waals surface area contributed by atoms with Crippen molar-refractivity contribution in [1.82, 2.24) is 9.97 Å². The number of rotatable bonds is 5. The van der Waals surface area contributed by atoms with Crippen LogP contribution in [0.3, 0.4) is 0 Å². The first-order valence-electron chi connectivity index (χ1n) is 9.62. The topological polar surface area (TPSA) is 74.7 Å². The van der Waals surface area contributed by atoms with Crippen LogP contribution in [0.4, 0.5) is 20.3 Å². The molecular weight excluding hydrogens is 432 g/mol. The predicted octanol–water partition coefficient (Wildman–Crippen LogP) is 4.06. The lowest BCUT2D eigenvalue weighted by atomic mass is 10.1. The third-order valence-electron chi connectivity index (χ3n) is 5.33. The molecule has 162 valence electrons. The van der Waals surface area contributed by atoms with Crippen molar-refractivity contribution in [2.24, 2.45) is 0 Å². The predicted molar refractivity (Wildman–Crippen MR) is 110 cm³/mol. The first-order chi connectivity index (χ1) is 15.0. The Hall–Kier alpha value is -2.75. The maximum absolute atomic E-state index is 14.2. The average Bonchev–Trinajstić information content (AvgIpc) is 3.33. The molecule has 0 spiro atoms. The lowest BCUT2D eigenvalue weighted by Crippen LogP contribution is -2.33. The molecule has 2 aliphatic heterocycles. The van der Waals surface area contributed by atoms with Crippen molar-refractivity contribution in [1.29, 1.82) is 0 Å². The average molecular weight is 450 g/mol. The Morgan fingerprint density at radius 2 is 1.94 bits per heavy atom. The van der Waals surface area contributed by atoms with Crippen LogP contribution in [0.25, 0.3) is 10.9 Å². The maximum atomic E-state index is 14.2. The summed E-state index contributed by atoms with van der Waals surface area (Å²) in [5.41, 5.74) is 0.724. The van der Waals surface area contributed by atoms with Crippen molar-refractivity contribution in [2.45, 2.75) is 24.5 Å². The van der Waals surface area contributed by atoms with Crippen LogP contribution in [0.5, 0.6) is 11.5 Å². The number of fused-ring (bicyclic) bond motifs is 2. The molecule has 0 amide bonds. The van der Waals surface area contributed by atoms with Crippen LogP contribution in [0.15, 0.2) is 36.7 Å². The number of halogens is 3. The van der Waals surface area contributed by atoms with E-state index in [0.717, 1.165) is 0 Å². The van der Waals surface area contributed by atoms with Gasteiger partial charge in [-0.3, -0.25) is 0 Å². The van der Waals surface area contributed by atoms with Crippen LogP contribution < -0.4 is 14.8 Å². The van der Waals surface area contributed by atoms with Gasteiger partial charge in [-0.25, -0.2) is 18.7 Å². The quantitative estimate of drug-likeness (QED) is 0.629. The number of aromatic nitrogens is 2. The summed E-state index contributed by atoms with van der Waals surface area (Å²) < 4.78 is 50.5. The van der Waals surface area contributed by atoms with Crippen molar-refractivity contribution in [3.8, 4) is 11.5 Å². The molecule has 2 fully saturated rings. The normalized spacial score (nSPS) is 24.9. The van der Waals surface area contributed by atoms with Gasteiger partial charge in [-0.2, -0.15) is 0 Å². The molecule has 0 bridgehead atoms. The van der Waals surface area contributed by atoms with Gasteiger partial charge in [0, 0.05) is 16.5 Å². The smallest absolute Gasteiger partial charge is 0.164 e. The molecule has 7 nitrogen and oxygen atoms in total. The Morgan fingerprint density at radius 3 is 2.77 bits per heavy atom. The van der Waals surface area contributed by atoms with Crippen LogP contribution in [0.2, 0.25) is 5.02 Å². The largest absolute Gasteiger partial charge is 0.493 e. The zero-order valence-electron chi connectivity index (χ0n) is 16.3. The van der Waals surface area contributed by atoms with Crippen molar-refractivity contribution in [3.63, 3.8) is 0 Å². The summed E-state index contributed by atoms with van der Waals surface area (Å²) >= 11 is 5.98. The summed E-state index contributed by atoms with van der Waals surface area (Å²) in [5, 5.41) is 3.92. The number of nitrogens with zero attached hydrogens (tertiary/aromatic N) is 2. The number of ether oxygens (including phenoxy) is 4. The Kier molecular flexibility index (Phi) is 5.25. The number of alkyl halides is 1. The fourth-order valence-electron chi connectivity index (χ4n) is 3.82. The van der Waals surface area contributed by atoms with Gasteiger partial charge < -0.3 is 24.3 Å². The lowest BCUT2D eigenvalue weighted by Gasteiger charge is -2.20. The number of nitrogens with one attached hydrogen (secondary N) is 1. The molecule has 10 heteroatoms. The van der Waals surface area contributed by atoms with Gasteiger partial charge in [-0.05, 0) is 24.3 Å².